The number of hydrogen-bond acceptors (Lipinski definition) is 10. The van der Waals surface area contributed by atoms with Gasteiger partial charge in [-0.2, -0.15) is 5.26 Å². The van der Waals surface area contributed by atoms with Crippen LogP contribution in [0.1, 0.15) is 41.0 Å². The van der Waals surface area contributed by atoms with Gasteiger partial charge in [-0.05, 0) is 36.8 Å². The Balaban J connectivity index is 1.97. The minimum Gasteiger partial charge on any atom is -0.481 e. The molecule has 1 atom stereocenters. The average molecular weight is 524 g/mol. The number of carboxylic acid groups (broad SMARTS) is 1. The molecule has 0 bridgehead atoms. The van der Waals surface area contributed by atoms with E-state index in [1.54, 1.807) is 25.1 Å². The number of nitrogens with two attached hydrogens (primary N) is 2. The van der Waals surface area contributed by atoms with Crippen molar-refractivity contribution < 1.29 is 23.1 Å². The third-order valence-electron chi connectivity index (χ3n) is 4.66. The van der Waals surface area contributed by atoms with Gasteiger partial charge in [0.05, 0.1) is 24.0 Å². The van der Waals surface area contributed by atoms with E-state index in [4.69, 9.17) is 11.5 Å². The Labute approximate surface area is 211 Å². The number of anilines is 2. The minimum absolute atomic E-state index is 0.116. The number of nitriles is 1. The number of carboxylic acids is 1. The normalized spacial score (nSPS) is 12.4. The number of nitrogen functional groups attached to an aromatic ring is 1. The van der Waals surface area contributed by atoms with Gasteiger partial charge in [0.2, 0.25) is 5.03 Å². The zero-order valence-corrected chi connectivity index (χ0v) is 20.1. The summed E-state index contributed by atoms with van der Waals surface area (Å²) in [6.07, 6.45) is 2.13. The summed E-state index contributed by atoms with van der Waals surface area (Å²) < 4.78 is 28.5. The van der Waals surface area contributed by atoms with Crippen LogP contribution in [-0.4, -0.2) is 46.2 Å². The van der Waals surface area contributed by atoms with Gasteiger partial charge >= 0.3 is 5.97 Å². The van der Waals surface area contributed by atoms with E-state index in [1.165, 1.54) is 36.7 Å². The fraction of sp³-hybridized carbons (Fsp3) is 0.136. The van der Waals surface area contributed by atoms with Crippen LogP contribution in [0.25, 0.3) is 0 Å². The van der Waals surface area contributed by atoms with Gasteiger partial charge in [0, 0.05) is 18.0 Å². The Morgan fingerprint density at radius 1 is 1.24 bits per heavy atom. The second-order valence-electron chi connectivity index (χ2n) is 7.54. The van der Waals surface area contributed by atoms with Crippen molar-refractivity contribution in [2.75, 3.05) is 11.1 Å². The van der Waals surface area contributed by atoms with Crippen LogP contribution >= 0.6 is 0 Å². The minimum atomic E-state index is -4.58. The van der Waals surface area contributed by atoms with E-state index in [0.29, 0.717) is 5.69 Å². The van der Waals surface area contributed by atoms with Gasteiger partial charge in [-0.15, -0.1) is 0 Å². The molecule has 0 fully saturated rings. The standard InChI is InChI=1S/C22H21N9O5S/c1-12(24)27-15-6-2-4-13(8-15)21(34)29-20-17(10-23)28-19(25)22(30-20)37(35,36)31-16(9-18(32)33)14-5-3-7-26-11-14/h2-8,11,16,31H,9H2,1H3,(H2,24,27)(H2,25,28)(H,32,33)(H,29,30,34). The molecule has 2 aromatic heterocycles. The van der Waals surface area contributed by atoms with Crippen LogP contribution in [0, 0.1) is 11.3 Å². The van der Waals surface area contributed by atoms with Crippen molar-refractivity contribution >= 4 is 45.1 Å². The maximum absolute atomic E-state index is 13.1. The van der Waals surface area contributed by atoms with Gasteiger partial charge in [0.1, 0.15) is 6.07 Å². The number of amides is 1. The van der Waals surface area contributed by atoms with Gasteiger partial charge in [-0.25, -0.2) is 28.1 Å². The molecule has 0 saturated heterocycles. The van der Waals surface area contributed by atoms with Gasteiger partial charge in [-0.1, -0.05) is 12.1 Å². The molecular formula is C22H21N9O5S. The molecule has 0 radical (unpaired) electrons. The summed E-state index contributed by atoms with van der Waals surface area (Å²) in [6, 6.07) is 9.53. The third-order valence-corrected chi connectivity index (χ3v) is 6.06. The van der Waals surface area contributed by atoms with Crippen molar-refractivity contribution in [1.29, 1.82) is 5.26 Å². The largest absolute Gasteiger partial charge is 0.481 e. The lowest BCUT2D eigenvalue weighted by Crippen LogP contribution is -2.32. The van der Waals surface area contributed by atoms with Crippen LogP contribution in [0.3, 0.4) is 0 Å². The van der Waals surface area contributed by atoms with Crippen molar-refractivity contribution in [1.82, 2.24) is 19.7 Å². The second-order valence-corrected chi connectivity index (χ2v) is 9.17. The van der Waals surface area contributed by atoms with E-state index in [0.717, 1.165) is 0 Å². The van der Waals surface area contributed by atoms with Crippen molar-refractivity contribution in [3.63, 3.8) is 0 Å². The SMILES string of the molecule is CC(N)=Nc1cccc(C(=O)Nc2nc(S(=O)(=O)NC(CC(=O)O)c3cccnc3)c(N)nc2C#N)c1. The predicted octanol–water partition coefficient (Wildman–Crippen LogP) is 1.08. The molecule has 7 N–H and O–H groups in total. The molecule has 1 amide bonds. The van der Waals surface area contributed by atoms with Crippen LogP contribution in [0.15, 0.2) is 58.8 Å². The number of pyridine rings is 1. The number of carbonyl (C=O) groups excluding carboxylic acids is 1. The summed E-state index contributed by atoms with van der Waals surface area (Å²) in [5.41, 5.74) is 11.7. The molecule has 190 valence electrons. The van der Waals surface area contributed by atoms with Gasteiger partial charge in [0.15, 0.2) is 17.3 Å². The highest BCUT2D eigenvalue weighted by molar-refractivity contribution is 7.89. The van der Waals surface area contributed by atoms with E-state index >= 15 is 0 Å². The zero-order chi connectivity index (χ0) is 27.2. The summed E-state index contributed by atoms with van der Waals surface area (Å²) in [5.74, 6) is -2.85. The summed E-state index contributed by atoms with van der Waals surface area (Å²) in [5, 5.41) is 20.2. The van der Waals surface area contributed by atoms with Crippen LogP contribution in [0.2, 0.25) is 0 Å². The van der Waals surface area contributed by atoms with Crippen LogP contribution in [-0.2, 0) is 14.8 Å². The maximum atomic E-state index is 13.1. The first-order valence-corrected chi connectivity index (χ1v) is 11.9. The highest BCUT2D eigenvalue weighted by atomic mass is 32.2. The Hall–Kier alpha value is -4.94. The molecule has 14 nitrogen and oxygen atoms in total. The number of hydrogen-bond donors (Lipinski definition) is 5. The molecule has 1 aromatic carbocycles. The zero-order valence-electron chi connectivity index (χ0n) is 19.3. The van der Waals surface area contributed by atoms with E-state index in [2.05, 4.69) is 30.0 Å². The fourth-order valence-corrected chi connectivity index (χ4v) is 4.36. The maximum Gasteiger partial charge on any atom is 0.305 e. The van der Waals surface area contributed by atoms with Crippen molar-refractivity contribution in [3.05, 3.63) is 65.6 Å². The molecule has 1 unspecified atom stereocenters. The smallest absolute Gasteiger partial charge is 0.305 e. The van der Waals surface area contributed by atoms with E-state index in [1.807, 2.05) is 0 Å². The lowest BCUT2D eigenvalue weighted by molar-refractivity contribution is -0.137. The van der Waals surface area contributed by atoms with E-state index < -0.39 is 56.7 Å². The van der Waals surface area contributed by atoms with Crippen LogP contribution < -0.4 is 21.5 Å². The first-order valence-electron chi connectivity index (χ1n) is 10.4. The number of rotatable bonds is 9. The summed E-state index contributed by atoms with van der Waals surface area (Å²) in [7, 11) is -4.58. The molecule has 0 aliphatic rings. The van der Waals surface area contributed by atoms with Gasteiger partial charge < -0.3 is 21.9 Å². The first-order chi connectivity index (χ1) is 17.5. The molecule has 0 spiro atoms. The predicted molar refractivity (Wildman–Crippen MR) is 132 cm³/mol. The number of nitrogens with zero attached hydrogens (tertiary/aromatic N) is 5. The molecule has 0 saturated carbocycles. The number of aliphatic carboxylic acids is 1. The van der Waals surface area contributed by atoms with E-state index in [9.17, 15) is 28.4 Å². The molecule has 2 heterocycles. The van der Waals surface area contributed by atoms with Gasteiger partial charge in [0.25, 0.3) is 15.9 Å². The summed E-state index contributed by atoms with van der Waals surface area (Å²) >= 11 is 0. The number of carbonyl (C=O) groups is 2. The number of sulfonamides is 1. The molecule has 3 aromatic rings. The summed E-state index contributed by atoms with van der Waals surface area (Å²) in [4.78, 5) is 39.7. The molecule has 37 heavy (non-hydrogen) atoms. The molecule has 15 heteroatoms. The molecule has 0 aliphatic carbocycles. The monoisotopic (exact) mass is 523 g/mol. The molecular weight excluding hydrogens is 502 g/mol. The van der Waals surface area contributed by atoms with Crippen LogP contribution in [0.5, 0.6) is 0 Å². The topological polar surface area (TPSA) is 239 Å². The Bertz CT molecular complexity index is 1520. The first kappa shape index (κ1) is 26.7. The number of nitrogens with one attached hydrogen (secondary N) is 2. The van der Waals surface area contributed by atoms with Crippen molar-refractivity contribution in [2.24, 2.45) is 10.7 Å². The van der Waals surface area contributed by atoms with Crippen LogP contribution in [0.4, 0.5) is 17.3 Å². The summed E-state index contributed by atoms with van der Waals surface area (Å²) in [6.45, 7) is 1.57. The van der Waals surface area contributed by atoms with Gasteiger partial charge in [-0.3, -0.25) is 14.6 Å². The third kappa shape index (κ3) is 6.81. The fourth-order valence-electron chi connectivity index (χ4n) is 3.12. The Kier molecular flexibility index (Phi) is 8.07. The quantitative estimate of drug-likeness (QED) is 0.196. The molecule has 3 rings (SSSR count). The average Bonchev–Trinajstić information content (AvgIpc) is 2.84. The number of amidine groups is 1. The van der Waals surface area contributed by atoms with Crippen molar-refractivity contribution in [3.8, 4) is 6.07 Å². The Morgan fingerprint density at radius 3 is 2.62 bits per heavy atom. The number of aromatic nitrogens is 3. The van der Waals surface area contributed by atoms with Crippen molar-refractivity contribution in [2.45, 2.75) is 24.4 Å². The molecule has 0 aliphatic heterocycles. The second kappa shape index (κ2) is 11.2. The lowest BCUT2D eigenvalue weighted by atomic mass is 10.1. The number of benzene rings is 1. The number of aliphatic imine (C=N–C) groups is 1. The highest BCUT2D eigenvalue weighted by Crippen LogP contribution is 2.24. The highest BCUT2D eigenvalue weighted by Gasteiger charge is 2.29. The lowest BCUT2D eigenvalue weighted by Gasteiger charge is -2.18. The Morgan fingerprint density at radius 2 is 2.00 bits per heavy atom. The van der Waals surface area contributed by atoms with E-state index in [-0.39, 0.29) is 17.0 Å².